The van der Waals surface area contributed by atoms with Gasteiger partial charge in [-0.3, -0.25) is 4.99 Å². The van der Waals surface area contributed by atoms with E-state index in [9.17, 15) is 0 Å². The Morgan fingerprint density at radius 2 is 2.33 bits per heavy atom. The van der Waals surface area contributed by atoms with Crippen molar-refractivity contribution >= 4 is 5.71 Å². The zero-order valence-electron chi connectivity index (χ0n) is 5.89. The summed E-state index contributed by atoms with van der Waals surface area (Å²) in [6.45, 7) is 4.80. The number of allylic oxidation sites excluding steroid dienone is 1. The topological polar surface area (TPSA) is 38.4 Å². The molecule has 2 heteroatoms. The smallest absolute Gasteiger partial charge is 0.0409 e. The molecular weight excluding hydrogens is 112 g/mol. The van der Waals surface area contributed by atoms with E-state index in [-0.39, 0.29) is 5.41 Å². The highest BCUT2D eigenvalue weighted by molar-refractivity contribution is 5.94. The molecule has 1 aliphatic heterocycles. The molecule has 0 radical (unpaired) electrons. The van der Waals surface area contributed by atoms with Crippen LogP contribution in [0.25, 0.3) is 0 Å². The molecule has 0 saturated carbocycles. The highest BCUT2D eigenvalue weighted by atomic mass is 14.8. The van der Waals surface area contributed by atoms with Crippen LogP contribution >= 0.6 is 0 Å². The van der Waals surface area contributed by atoms with E-state index >= 15 is 0 Å². The van der Waals surface area contributed by atoms with Gasteiger partial charge in [-0.2, -0.15) is 0 Å². The van der Waals surface area contributed by atoms with Crippen LogP contribution in [0.5, 0.6) is 0 Å². The lowest BCUT2D eigenvalue weighted by Gasteiger charge is -2.16. The molecule has 0 aromatic carbocycles. The van der Waals surface area contributed by atoms with E-state index in [0.29, 0.717) is 6.54 Å². The fourth-order valence-corrected chi connectivity index (χ4v) is 0.892. The monoisotopic (exact) mass is 124 g/mol. The summed E-state index contributed by atoms with van der Waals surface area (Å²) >= 11 is 0. The predicted molar refractivity (Wildman–Crippen MR) is 39.4 cm³/mol. The van der Waals surface area contributed by atoms with Gasteiger partial charge in [0.25, 0.3) is 0 Å². The lowest BCUT2D eigenvalue weighted by Crippen LogP contribution is -2.26. The number of hydrogen-bond donors (Lipinski definition) is 1. The van der Waals surface area contributed by atoms with Crippen LogP contribution in [0.1, 0.15) is 13.8 Å². The first-order chi connectivity index (χ1) is 4.17. The maximum atomic E-state index is 5.44. The van der Waals surface area contributed by atoms with E-state index in [4.69, 9.17) is 5.73 Å². The van der Waals surface area contributed by atoms with Crippen LogP contribution in [0.4, 0.5) is 0 Å². The van der Waals surface area contributed by atoms with E-state index in [1.165, 1.54) is 0 Å². The third-order valence-corrected chi connectivity index (χ3v) is 1.66. The summed E-state index contributed by atoms with van der Waals surface area (Å²) in [6, 6.07) is 0. The summed E-state index contributed by atoms with van der Waals surface area (Å²) in [5.41, 5.74) is 6.62. The molecule has 50 valence electrons. The zero-order valence-corrected chi connectivity index (χ0v) is 5.89. The maximum absolute atomic E-state index is 5.44. The van der Waals surface area contributed by atoms with Gasteiger partial charge in [-0.25, -0.2) is 0 Å². The van der Waals surface area contributed by atoms with Crippen molar-refractivity contribution in [3.63, 3.8) is 0 Å². The highest BCUT2D eigenvalue weighted by Crippen LogP contribution is 2.23. The van der Waals surface area contributed by atoms with Crippen molar-refractivity contribution in [1.82, 2.24) is 0 Å². The molecule has 9 heavy (non-hydrogen) atoms. The molecule has 0 aromatic rings. The maximum Gasteiger partial charge on any atom is 0.0409 e. The van der Waals surface area contributed by atoms with Gasteiger partial charge in [0.05, 0.1) is 0 Å². The van der Waals surface area contributed by atoms with Crippen molar-refractivity contribution in [2.45, 2.75) is 13.8 Å². The number of aliphatic imine (C=N–C) groups is 1. The van der Waals surface area contributed by atoms with Crippen molar-refractivity contribution in [2.24, 2.45) is 16.1 Å². The molecule has 2 N–H and O–H groups in total. The fraction of sp³-hybridized carbons (Fsp3) is 0.571. The molecule has 0 saturated heterocycles. The highest BCUT2D eigenvalue weighted by Gasteiger charge is 2.22. The first-order valence-electron chi connectivity index (χ1n) is 3.12. The molecule has 0 aliphatic carbocycles. The van der Waals surface area contributed by atoms with E-state index in [0.717, 1.165) is 5.71 Å². The fourth-order valence-electron chi connectivity index (χ4n) is 0.892. The molecule has 0 amide bonds. The average molecular weight is 124 g/mol. The Morgan fingerprint density at radius 3 is 2.56 bits per heavy atom. The van der Waals surface area contributed by atoms with E-state index in [1.807, 2.05) is 6.20 Å². The molecule has 0 spiro atoms. The molecule has 1 rings (SSSR count). The lowest BCUT2D eigenvalue weighted by atomic mass is 9.89. The normalized spacial score (nSPS) is 22.3. The minimum atomic E-state index is 0.106. The molecule has 1 heterocycles. The molecule has 0 atom stereocenters. The quantitative estimate of drug-likeness (QED) is 0.555. The van der Waals surface area contributed by atoms with E-state index in [1.54, 1.807) is 0 Å². The molecule has 0 fully saturated rings. The Morgan fingerprint density at radius 1 is 1.67 bits per heavy atom. The summed E-state index contributed by atoms with van der Waals surface area (Å²) in [6.07, 6.45) is 3.89. The van der Waals surface area contributed by atoms with Crippen LogP contribution < -0.4 is 5.73 Å². The van der Waals surface area contributed by atoms with Crippen LogP contribution in [-0.2, 0) is 0 Å². The van der Waals surface area contributed by atoms with Crippen LogP contribution in [-0.4, -0.2) is 12.3 Å². The van der Waals surface area contributed by atoms with Crippen molar-refractivity contribution in [3.05, 3.63) is 12.3 Å². The minimum Gasteiger partial charge on any atom is -0.325 e. The van der Waals surface area contributed by atoms with Crippen molar-refractivity contribution in [3.8, 4) is 0 Å². The largest absolute Gasteiger partial charge is 0.325 e. The standard InChI is InChI=1S/C7H12N2/c1-7(2)3-4-9-6(7)5-8/h3-4H,5,8H2,1-2H3. The van der Waals surface area contributed by atoms with Gasteiger partial charge in [-0.15, -0.1) is 0 Å². The first-order valence-corrected chi connectivity index (χ1v) is 3.12. The Bertz CT molecular complexity index is 166. The second-order valence-corrected chi connectivity index (χ2v) is 2.82. The Kier molecular flexibility index (Phi) is 1.41. The summed E-state index contributed by atoms with van der Waals surface area (Å²) < 4.78 is 0. The van der Waals surface area contributed by atoms with Gasteiger partial charge in [0, 0.05) is 23.9 Å². The van der Waals surface area contributed by atoms with Gasteiger partial charge in [0.15, 0.2) is 0 Å². The molecule has 0 aromatic heterocycles. The van der Waals surface area contributed by atoms with Crippen molar-refractivity contribution < 1.29 is 0 Å². The van der Waals surface area contributed by atoms with Crippen LogP contribution in [0.15, 0.2) is 17.3 Å². The SMILES string of the molecule is CC1(C)C=CN=C1CN. The van der Waals surface area contributed by atoms with E-state index in [2.05, 4.69) is 24.9 Å². The zero-order chi connectivity index (χ0) is 6.91. The third kappa shape index (κ3) is 1.03. The van der Waals surface area contributed by atoms with Gasteiger partial charge >= 0.3 is 0 Å². The molecule has 0 bridgehead atoms. The second kappa shape index (κ2) is 1.95. The average Bonchev–Trinajstić information content (AvgIpc) is 2.08. The minimum absolute atomic E-state index is 0.106. The molecule has 2 nitrogen and oxygen atoms in total. The summed E-state index contributed by atoms with van der Waals surface area (Å²) in [4.78, 5) is 4.12. The number of hydrogen-bond acceptors (Lipinski definition) is 2. The van der Waals surface area contributed by atoms with Gasteiger partial charge in [-0.1, -0.05) is 19.9 Å². The van der Waals surface area contributed by atoms with Gasteiger partial charge in [0.2, 0.25) is 0 Å². The summed E-state index contributed by atoms with van der Waals surface area (Å²) in [5, 5.41) is 0. The first kappa shape index (κ1) is 6.49. The number of nitrogens with two attached hydrogens (primary N) is 1. The van der Waals surface area contributed by atoms with Gasteiger partial charge in [0.1, 0.15) is 0 Å². The molecule has 0 unspecified atom stereocenters. The van der Waals surface area contributed by atoms with Crippen LogP contribution in [0.3, 0.4) is 0 Å². The van der Waals surface area contributed by atoms with Crippen molar-refractivity contribution in [2.75, 3.05) is 6.54 Å². The lowest BCUT2D eigenvalue weighted by molar-refractivity contribution is 0.679. The van der Waals surface area contributed by atoms with Crippen molar-refractivity contribution in [1.29, 1.82) is 0 Å². The van der Waals surface area contributed by atoms with E-state index < -0.39 is 0 Å². The molecular formula is C7H12N2. The predicted octanol–water partition coefficient (Wildman–Crippen LogP) is 0.940. The number of rotatable bonds is 1. The Labute approximate surface area is 55.5 Å². The third-order valence-electron chi connectivity index (χ3n) is 1.66. The van der Waals surface area contributed by atoms with Gasteiger partial charge < -0.3 is 5.73 Å². The Hall–Kier alpha value is -0.630. The second-order valence-electron chi connectivity index (χ2n) is 2.82. The Balaban J connectivity index is 2.78. The van der Waals surface area contributed by atoms with Gasteiger partial charge in [-0.05, 0) is 0 Å². The molecule has 1 aliphatic rings. The van der Waals surface area contributed by atoms with Crippen LogP contribution in [0.2, 0.25) is 0 Å². The summed E-state index contributed by atoms with van der Waals surface area (Å²) in [7, 11) is 0. The van der Waals surface area contributed by atoms with Crippen LogP contribution in [0, 0.1) is 5.41 Å². The summed E-state index contributed by atoms with van der Waals surface area (Å²) in [5.74, 6) is 0. The number of nitrogens with zero attached hydrogens (tertiary/aromatic N) is 1.